The van der Waals surface area contributed by atoms with Crippen molar-refractivity contribution >= 4 is 16.5 Å². The average molecular weight is 245 g/mol. The number of hydrogen-bond donors (Lipinski definition) is 1. The van der Waals surface area contributed by atoms with Crippen molar-refractivity contribution in [2.24, 2.45) is 0 Å². The summed E-state index contributed by atoms with van der Waals surface area (Å²) in [6, 6.07) is 8.91. The van der Waals surface area contributed by atoms with Crippen LogP contribution in [-0.2, 0) is 6.54 Å². The monoisotopic (exact) mass is 245 g/mol. The van der Waals surface area contributed by atoms with Gasteiger partial charge in [-0.25, -0.2) is 0 Å². The Balaban J connectivity index is 1.60. The lowest BCUT2D eigenvalue weighted by Gasteiger charge is -2.03. The Labute approximate surface area is 105 Å². The number of nitrogens with one attached hydrogen (secondary N) is 1. The molecule has 0 amide bonds. The van der Waals surface area contributed by atoms with Crippen molar-refractivity contribution in [1.29, 1.82) is 0 Å². The highest BCUT2D eigenvalue weighted by molar-refractivity contribution is 7.15. The molecule has 0 atom stereocenters. The van der Waals surface area contributed by atoms with Gasteiger partial charge in [0, 0.05) is 6.54 Å². The van der Waals surface area contributed by atoms with E-state index in [1.807, 2.05) is 6.92 Å². The highest BCUT2D eigenvalue weighted by Crippen LogP contribution is 2.39. The van der Waals surface area contributed by atoms with Crippen LogP contribution in [0.15, 0.2) is 24.3 Å². The lowest BCUT2D eigenvalue weighted by atomic mass is 10.1. The molecule has 1 aromatic carbocycles. The van der Waals surface area contributed by atoms with Crippen molar-refractivity contribution in [2.75, 3.05) is 5.32 Å². The molecule has 0 saturated heterocycles. The summed E-state index contributed by atoms with van der Waals surface area (Å²) in [5.74, 6) is 0.836. The number of rotatable bonds is 4. The summed E-state index contributed by atoms with van der Waals surface area (Å²) in [4.78, 5) is 0. The Kier molecular flexibility index (Phi) is 2.81. The van der Waals surface area contributed by atoms with Crippen LogP contribution in [0.1, 0.15) is 34.9 Å². The number of anilines is 1. The molecule has 1 saturated carbocycles. The molecule has 1 fully saturated rings. The number of aryl methyl sites for hydroxylation is 1. The third kappa shape index (κ3) is 2.64. The zero-order valence-electron chi connectivity index (χ0n) is 9.81. The minimum Gasteiger partial charge on any atom is -0.356 e. The Morgan fingerprint density at radius 2 is 2.00 bits per heavy atom. The molecule has 3 nitrogen and oxygen atoms in total. The maximum Gasteiger partial charge on any atom is 0.205 e. The van der Waals surface area contributed by atoms with Gasteiger partial charge in [-0.3, -0.25) is 0 Å². The smallest absolute Gasteiger partial charge is 0.205 e. The molecule has 0 radical (unpaired) electrons. The maximum absolute atomic E-state index is 4.04. The number of hydrogen-bond acceptors (Lipinski definition) is 4. The largest absolute Gasteiger partial charge is 0.356 e. The fourth-order valence-electron chi connectivity index (χ4n) is 1.87. The van der Waals surface area contributed by atoms with E-state index >= 15 is 0 Å². The van der Waals surface area contributed by atoms with Crippen LogP contribution in [0.3, 0.4) is 0 Å². The van der Waals surface area contributed by atoms with Crippen molar-refractivity contribution in [1.82, 2.24) is 10.2 Å². The van der Waals surface area contributed by atoms with Crippen LogP contribution in [0.25, 0.3) is 0 Å². The van der Waals surface area contributed by atoms with E-state index in [0.29, 0.717) is 0 Å². The Morgan fingerprint density at radius 1 is 1.24 bits per heavy atom. The molecule has 0 spiro atoms. The van der Waals surface area contributed by atoms with Crippen LogP contribution in [0.5, 0.6) is 0 Å². The summed E-state index contributed by atoms with van der Waals surface area (Å²) in [6.07, 6.45) is 2.73. The van der Waals surface area contributed by atoms with E-state index in [4.69, 9.17) is 0 Å². The number of nitrogens with zero attached hydrogens (tertiary/aromatic N) is 2. The summed E-state index contributed by atoms with van der Waals surface area (Å²) in [6.45, 7) is 2.78. The van der Waals surface area contributed by atoms with E-state index in [2.05, 4.69) is 39.8 Å². The van der Waals surface area contributed by atoms with Gasteiger partial charge >= 0.3 is 0 Å². The topological polar surface area (TPSA) is 37.8 Å². The Hall–Kier alpha value is -1.42. The van der Waals surface area contributed by atoms with Gasteiger partial charge in [0.2, 0.25) is 5.13 Å². The first-order valence-corrected chi connectivity index (χ1v) is 6.76. The van der Waals surface area contributed by atoms with E-state index in [9.17, 15) is 0 Å². The quantitative estimate of drug-likeness (QED) is 0.897. The first-order valence-electron chi connectivity index (χ1n) is 5.94. The summed E-state index contributed by atoms with van der Waals surface area (Å²) in [7, 11) is 0. The standard InChI is InChI=1S/C13H15N3S/c1-9-15-16-13(17-9)14-8-10-2-4-11(5-3-10)12-6-7-12/h2-5,12H,6-8H2,1H3,(H,14,16). The fourth-order valence-corrected chi connectivity index (χ4v) is 2.46. The molecule has 0 bridgehead atoms. The zero-order chi connectivity index (χ0) is 11.7. The van der Waals surface area contributed by atoms with Gasteiger partial charge in [-0.15, -0.1) is 10.2 Å². The van der Waals surface area contributed by atoms with Gasteiger partial charge in [0.25, 0.3) is 0 Å². The van der Waals surface area contributed by atoms with E-state index in [1.165, 1.54) is 24.0 Å². The highest BCUT2D eigenvalue weighted by Gasteiger charge is 2.22. The normalized spacial score (nSPS) is 14.9. The molecular formula is C13H15N3S. The molecule has 2 aromatic rings. The Morgan fingerprint density at radius 3 is 2.59 bits per heavy atom. The molecule has 1 aromatic heterocycles. The van der Waals surface area contributed by atoms with Gasteiger partial charge in [0.05, 0.1) is 0 Å². The van der Waals surface area contributed by atoms with Gasteiger partial charge in [-0.05, 0) is 36.8 Å². The molecule has 1 N–H and O–H groups in total. The first kappa shape index (κ1) is 10.7. The van der Waals surface area contributed by atoms with Crippen LogP contribution in [0.4, 0.5) is 5.13 Å². The van der Waals surface area contributed by atoms with Gasteiger partial charge in [-0.1, -0.05) is 35.6 Å². The van der Waals surface area contributed by atoms with Crippen molar-refractivity contribution in [3.63, 3.8) is 0 Å². The third-order valence-corrected chi connectivity index (χ3v) is 3.79. The van der Waals surface area contributed by atoms with Crippen LogP contribution < -0.4 is 5.32 Å². The highest BCUT2D eigenvalue weighted by atomic mass is 32.1. The molecule has 1 heterocycles. The predicted octanol–water partition coefficient (Wildman–Crippen LogP) is 3.34. The summed E-state index contributed by atoms with van der Waals surface area (Å²) in [5, 5.41) is 13.2. The molecule has 4 heteroatoms. The lowest BCUT2D eigenvalue weighted by molar-refractivity contribution is 1.02. The van der Waals surface area contributed by atoms with Crippen LogP contribution >= 0.6 is 11.3 Å². The van der Waals surface area contributed by atoms with E-state index < -0.39 is 0 Å². The summed E-state index contributed by atoms with van der Waals surface area (Å²) in [5.41, 5.74) is 2.78. The number of benzene rings is 1. The van der Waals surface area contributed by atoms with E-state index in [1.54, 1.807) is 11.3 Å². The minimum absolute atomic E-state index is 0.819. The third-order valence-electron chi connectivity index (χ3n) is 3.00. The molecule has 3 rings (SSSR count). The van der Waals surface area contributed by atoms with Crippen molar-refractivity contribution in [2.45, 2.75) is 32.2 Å². The van der Waals surface area contributed by atoms with Crippen LogP contribution in [-0.4, -0.2) is 10.2 Å². The van der Waals surface area contributed by atoms with Crippen molar-refractivity contribution in [3.8, 4) is 0 Å². The second-order valence-electron chi connectivity index (χ2n) is 4.50. The molecule has 1 aliphatic carbocycles. The predicted molar refractivity (Wildman–Crippen MR) is 70.4 cm³/mol. The van der Waals surface area contributed by atoms with Gasteiger partial charge in [0.1, 0.15) is 5.01 Å². The van der Waals surface area contributed by atoms with Crippen molar-refractivity contribution in [3.05, 3.63) is 40.4 Å². The second kappa shape index (κ2) is 4.45. The van der Waals surface area contributed by atoms with Crippen LogP contribution in [0.2, 0.25) is 0 Å². The molecule has 0 aliphatic heterocycles. The average Bonchev–Trinajstić information content (AvgIpc) is 3.11. The van der Waals surface area contributed by atoms with E-state index in [0.717, 1.165) is 22.6 Å². The lowest BCUT2D eigenvalue weighted by Crippen LogP contribution is -1.98. The van der Waals surface area contributed by atoms with Crippen LogP contribution in [0, 0.1) is 6.92 Å². The zero-order valence-corrected chi connectivity index (χ0v) is 10.6. The molecule has 0 unspecified atom stereocenters. The Bertz CT molecular complexity index is 500. The second-order valence-corrected chi connectivity index (χ2v) is 5.68. The molecule has 17 heavy (non-hydrogen) atoms. The van der Waals surface area contributed by atoms with Gasteiger partial charge in [0.15, 0.2) is 0 Å². The SMILES string of the molecule is Cc1nnc(NCc2ccc(C3CC3)cc2)s1. The molecule has 1 aliphatic rings. The first-order chi connectivity index (χ1) is 8.31. The molecule has 88 valence electrons. The maximum atomic E-state index is 4.04. The van der Waals surface area contributed by atoms with E-state index in [-0.39, 0.29) is 0 Å². The fraction of sp³-hybridized carbons (Fsp3) is 0.385. The number of aromatic nitrogens is 2. The van der Waals surface area contributed by atoms with Gasteiger partial charge < -0.3 is 5.32 Å². The van der Waals surface area contributed by atoms with Gasteiger partial charge in [-0.2, -0.15) is 0 Å². The summed E-state index contributed by atoms with van der Waals surface area (Å²) < 4.78 is 0. The molecular weight excluding hydrogens is 230 g/mol. The van der Waals surface area contributed by atoms with Crippen molar-refractivity contribution < 1.29 is 0 Å². The minimum atomic E-state index is 0.819. The summed E-state index contributed by atoms with van der Waals surface area (Å²) >= 11 is 1.59.